The first-order valence-electron chi connectivity index (χ1n) is 6.98. The van der Waals surface area contributed by atoms with Crippen LogP contribution in [0.5, 0.6) is 0 Å². The van der Waals surface area contributed by atoms with E-state index in [0.29, 0.717) is 26.8 Å². The highest BCUT2D eigenvalue weighted by Gasteiger charge is 2.25. The molecule has 26 heavy (non-hydrogen) atoms. The summed E-state index contributed by atoms with van der Waals surface area (Å²) in [7, 11) is 1.74. The fourth-order valence-corrected chi connectivity index (χ4v) is 4.24. The van der Waals surface area contributed by atoms with E-state index in [1.807, 2.05) is 0 Å². The minimum absolute atomic E-state index is 0.0731. The molecule has 1 aromatic heterocycles. The number of nitrogens with two attached hydrogens (primary N) is 4. The summed E-state index contributed by atoms with van der Waals surface area (Å²) in [4.78, 5) is 5.27. The molecule has 0 bridgehead atoms. The summed E-state index contributed by atoms with van der Waals surface area (Å²) < 4.78 is 21.4. The van der Waals surface area contributed by atoms with E-state index in [0.717, 1.165) is 17.1 Å². The number of hydrogen-bond acceptors (Lipinski definition) is 11. The Kier molecular flexibility index (Phi) is 7.15. The van der Waals surface area contributed by atoms with Crippen molar-refractivity contribution in [3.63, 3.8) is 0 Å². The van der Waals surface area contributed by atoms with Gasteiger partial charge in [-0.3, -0.25) is 4.31 Å². The van der Waals surface area contributed by atoms with Crippen molar-refractivity contribution in [2.75, 3.05) is 24.1 Å². The number of thiazole rings is 1. The van der Waals surface area contributed by atoms with Gasteiger partial charge in [0.25, 0.3) is 0 Å². The summed E-state index contributed by atoms with van der Waals surface area (Å²) in [5.41, 5.74) is 15.7. The van der Waals surface area contributed by atoms with Gasteiger partial charge >= 0.3 is 0 Å². The molecular formula is C12H19N9O2S3. The molecule has 0 spiro atoms. The Hall–Kier alpha value is -1.94. The second kappa shape index (κ2) is 9.13. The maximum absolute atomic E-state index is 12.5. The van der Waals surface area contributed by atoms with Crippen LogP contribution >= 0.6 is 23.6 Å². The minimum atomic E-state index is -1.52. The van der Waals surface area contributed by atoms with Crippen LogP contribution in [-0.2, 0) is 15.3 Å². The summed E-state index contributed by atoms with van der Waals surface area (Å²) >= 11 is 2.11. The van der Waals surface area contributed by atoms with Crippen molar-refractivity contribution in [1.82, 2.24) is 15.2 Å². The Bertz CT molecular complexity index is 826. The van der Waals surface area contributed by atoms with Crippen LogP contribution in [0.3, 0.4) is 0 Å². The van der Waals surface area contributed by atoms with E-state index in [1.54, 1.807) is 36.7 Å². The Morgan fingerprint density at radius 3 is 2.77 bits per heavy atom. The van der Waals surface area contributed by atoms with Crippen molar-refractivity contribution in [3.8, 4) is 10.4 Å². The van der Waals surface area contributed by atoms with E-state index in [1.165, 1.54) is 11.3 Å². The summed E-state index contributed by atoms with van der Waals surface area (Å²) in [6.45, 7) is 0. The van der Waals surface area contributed by atoms with Gasteiger partial charge in [0.1, 0.15) is 23.2 Å². The van der Waals surface area contributed by atoms with Gasteiger partial charge in [0.15, 0.2) is 11.0 Å². The standard InChI is InChI=1S/C12H19N9O2S3/c1-17-26(22)8-4-3-6(7-5-18-12(14)24-7)9(11(13)19-20-15)10(8)21(2)25-23-16/h3-5,17,20H,15-16H2,1-2H3,(H2,13,19)(H2,14,18). The lowest BCUT2D eigenvalue weighted by atomic mass is 10.0. The molecule has 14 heteroatoms. The van der Waals surface area contributed by atoms with Gasteiger partial charge in [0.2, 0.25) is 0 Å². The predicted molar refractivity (Wildman–Crippen MR) is 107 cm³/mol. The summed E-state index contributed by atoms with van der Waals surface area (Å²) in [6, 6.07) is 3.46. The van der Waals surface area contributed by atoms with Crippen LogP contribution in [0.25, 0.3) is 10.4 Å². The van der Waals surface area contributed by atoms with Gasteiger partial charge in [-0.05, 0) is 13.1 Å². The van der Waals surface area contributed by atoms with Crippen molar-refractivity contribution < 1.29 is 8.49 Å². The molecule has 0 amide bonds. The summed E-state index contributed by atoms with van der Waals surface area (Å²) in [6.07, 6.45) is 1.62. The van der Waals surface area contributed by atoms with E-state index in [-0.39, 0.29) is 5.84 Å². The van der Waals surface area contributed by atoms with Gasteiger partial charge in [-0.1, -0.05) is 17.4 Å². The lowest BCUT2D eigenvalue weighted by Gasteiger charge is -2.23. The van der Waals surface area contributed by atoms with Gasteiger partial charge < -0.3 is 11.5 Å². The number of rotatable bonds is 8. The lowest BCUT2D eigenvalue weighted by Crippen LogP contribution is -2.27. The summed E-state index contributed by atoms with van der Waals surface area (Å²) in [5.74, 6) is 10.5. The normalized spacial score (nSPS) is 12.8. The average Bonchev–Trinajstić information content (AvgIpc) is 3.06. The minimum Gasteiger partial charge on any atom is -0.382 e. The number of hydrazine groups is 1. The topological polar surface area (TPSA) is 183 Å². The molecule has 1 atom stereocenters. The largest absolute Gasteiger partial charge is 0.382 e. The number of benzene rings is 1. The first-order valence-corrected chi connectivity index (χ1v) is 9.65. The van der Waals surface area contributed by atoms with E-state index in [9.17, 15) is 4.21 Å². The SMILES string of the molecule is CNS(=O)c1ccc(-c2cnc(N)s2)c(/C(N)=N/NN)c1N(C)SON. The molecule has 1 unspecified atom stereocenters. The fraction of sp³-hybridized carbons (Fsp3) is 0.167. The van der Waals surface area contributed by atoms with E-state index in [2.05, 4.69) is 24.6 Å². The monoisotopic (exact) mass is 417 g/mol. The number of nitrogen functional groups attached to an aromatic ring is 1. The third kappa shape index (κ3) is 4.24. The van der Waals surface area contributed by atoms with Gasteiger partial charge in [-0.15, -0.1) is 5.10 Å². The molecule has 0 saturated heterocycles. The van der Waals surface area contributed by atoms with Crippen LogP contribution in [0.2, 0.25) is 0 Å². The molecule has 2 aromatic rings. The van der Waals surface area contributed by atoms with Crippen molar-refractivity contribution in [2.24, 2.45) is 22.6 Å². The Morgan fingerprint density at radius 1 is 1.50 bits per heavy atom. The number of nitrogens with zero attached hydrogens (tertiary/aromatic N) is 3. The Morgan fingerprint density at radius 2 is 2.23 bits per heavy atom. The maximum atomic E-state index is 12.5. The maximum Gasteiger partial charge on any atom is 0.180 e. The van der Waals surface area contributed by atoms with Crippen LogP contribution < -0.4 is 37.8 Å². The second-order valence-corrected chi connectivity index (χ2v) is 8.00. The highest BCUT2D eigenvalue weighted by atomic mass is 32.2. The van der Waals surface area contributed by atoms with E-state index < -0.39 is 11.0 Å². The van der Waals surface area contributed by atoms with Crippen LogP contribution in [0.1, 0.15) is 5.56 Å². The van der Waals surface area contributed by atoms with Gasteiger partial charge in [-0.25, -0.2) is 35.5 Å². The lowest BCUT2D eigenvalue weighted by molar-refractivity contribution is 0.397. The van der Waals surface area contributed by atoms with Crippen LogP contribution in [0.4, 0.5) is 10.8 Å². The molecule has 0 aliphatic carbocycles. The van der Waals surface area contributed by atoms with Crippen LogP contribution in [0, 0.1) is 0 Å². The highest BCUT2D eigenvalue weighted by molar-refractivity contribution is 7.96. The summed E-state index contributed by atoms with van der Waals surface area (Å²) in [5, 5.41) is 4.26. The number of anilines is 2. The van der Waals surface area contributed by atoms with E-state index >= 15 is 0 Å². The molecule has 1 heterocycles. The van der Waals surface area contributed by atoms with Crippen LogP contribution in [0.15, 0.2) is 28.3 Å². The third-order valence-electron chi connectivity index (χ3n) is 3.23. The predicted octanol–water partition coefficient (Wildman–Crippen LogP) is -0.392. The molecule has 0 radical (unpaired) electrons. The van der Waals surface area contributed by atoms with Crippen molar-refractivity contribution in [1.29, 1.82) is 0 Å². The zero-order valence-corrected chi connectivity index (χ0v) is 16.4. The number of amidine groups is 1. The van der Waals surface area contributed by atoms with E-state index in [4.69, 9.17) is 23.2 Å². The number of hydrogen-bond donors (Lipinski definition) is 6. The van der Waals surface area contributed by atoms with Crippen molar-refractivity contribution in [2.45, 2.75) is 4.90 Å². The molecule has 10 N–H and O–H groups in total. The van der Waals surface area contributed by atoms with Crippen molar-refractivity contribution in [3.05, 3.63) is 23.9 Å². The molecule has 2 rings (SSSR count). The molecule has 1 aromatic carbocycles. The first-order chi connectivity index (χ1) is 12.4. The quantitative estimate of drug-likeness (QED) is 0.0825. The molecular weight excluding hydrogens is 398 g/mol. The van der Waals surface area contributed by atoms with Gasteiger partial charge in [0, 0.05) is 18.8 Å². The number of nitrogens with one attached hydrogen (secondary N) is 2. The smallest absolute Gasteiger partial charge is 0.180 e. The number of aromatic nitrogens is 1. The average molecular weight is 418 g/mol. The fourth-order valence-electron chi connectivity index (χ4n) is 2.25. The Balaban J connectivity index is 2.84. The third-order valence-corrected chi connectivity index (χ3v) is 5.68. The number of hydrazone groups is 1. The zero-order chi connectivity index (χ0) is 19.3. The molecule has 0 aliphatic heterocycles. The van der Waals surface area contributed by atoms with Gasteiger partial charge in [0.05, 0.1) is 21.0 Å². The van der Waals surface area contributed by atoms with Crippen LogP contribution in [-0.4, -0.2) is 29.1 Å². The molecule has 0 aliphatic rings. The Labute approximate surface area is 161 Å². The highest BCUT2D eigenvalue weighted by Crippen LogP contribution is 2.39. The molecule has 11 nitrogen and oxygen atoms in total. The molecule has 0 fully saturated rings. The van der Waals surface area contributed by atoms with Crippen molar-refractivity contribution >= 4 is 51.2 Å². The molecule has 0 saturated carbocycles. The second-order valence-electron chi connectivity index (χ2n) is 4.66. The van der Waals surface area contributed by atoms with Gasteiger partial charge in [-0.2, -0.15) is 0 Å². The zero-order valence-electron chi connectivity index (χ0n) is 13.9. The first kappa shape index (κ1) is 20.4. The molecule has 142 valence electrons.